The van der Waals surface area contributed by atoms with E-state index in [-0.39, 0.29) is 19.1 Å². The van der Waals surface area contributed by atoms with Gasteiger partial charge in [-0.15, -0.1) is 0 Å². The maximum Gasteiger partial charge on any atom is 0.219 e. The highest BCUT2D eigenvalue weighted by Crippen LogP contribution is 2.23. The van der Waals surface area contributed by atoms with Gasteiger partial charge in [0.2, 0.25) is 5.91 Å². The van der Waals surface area contributed by atoms with Crippen LogP contribution in [0.25, 0.3) is 0 Å². The number of rotatable bonds is 16. The lowest BCUT2D eigenvalue weighted by Crippen LogP contribution is -2.59. The van der Waals surface area contributed by atoms with E-state index in [0.29, 0.717) is 32.6 Å². The number of aliphatic hydroxyl groups is 7. The van der Waals surface area contributed by atoms with Crippen LogP contribution in [0.3, 0.4) is 0 Å². The normalized spacial score (nSPS) is 35.9. The van der Waals surface area contributed by atoms with Crippen LogP contribution in [-0.2, 0) is 23.7 Å². The summed E-state index contributed by atoms with van der Waals surface area (Å²) in [7, 11) is 0. The minimum Gasteiger partial charge on any atom is -0.394 e. The van der Waals surface area contributed by atoms with Crippen LogP contribution in [0.1, 0.15) is 39.5 Å². The van der Waals surface area contributed by atoms with Gasteiger partial charge in [0.05, 0.1) is 25.9 Å². The fourth-order valence-corrected chi connectivity index (χ4v) is 4.37. The fourth-order valence-electron chi connectivity index (χ4n) is 4.37. The molecule has 0 unspecified atom stereocenters. The molecule has 10 atom stereocenters. The molecule has 0 saturated carbocycles. The van der Waals surface area contributed by atoms with Crippen molar-refractivity contribution in [2.45, 2.75) is 101 Å². The van der Waals surface area contributed by atoms with E-state index < -0.39 is 68.0 Å². The molecular formula is C24H46N2O12. The lowest BCUT2D eigenvalue weighted by atomic mass is 9.99. The van der Waals surface area contributed by atoms with Gasteiger partial charge in [-0.05, 0) is 33.2 Å². The topological polar surface area (TPSA) is 211 Å². The van der Waals surface area contributed by atoms with Crippen molar-refractivity contribution in [3.8, 4) is 0 Å². The molecule has 224 valence electrons. The Balaban J connectivity index is 1.84. The maximum atomic E-state index is 11.6. The summed E-state index contributed by atoms with van der Waals surface area (Å²) in [5, 5.41) is 72.1. The van der Waals surface area contributed by atoms with Crippen molar-refractivity contribution < 1.29 is 59.5 Å². The molecule has 2 saturated heterocycles. The predicted octanol–water partition coefficient (Wildman–Crippen LogP) is -3.35. The number of hydrogen-bond acceptors (Lipinski definition) is 13. The Labute approximate surface area is 223 Å². The summed E-state index contributed by atoms with van der Waals surface area (Å²) in [4.78, 5) is 13.6. The summed E-state index contributed by atoms with van der Waals surface area (Å²) in [6.45, 7) is 5.10. The molecule has 0 spiro atoms. The summed E-state index contributed by atoms with van der Waals surface area (Å²) in [6, 6.07) is 0. The number of nitrogens with zero attached hydrogens (tertiary/aromatic N) is 1. The van der Waals surface area contributed by atoms with Gasteiger partial charge in [0.15, 0.2) is 12.6 Å². The highest BCUT2D eigenvalue weighted by Gasteiger charge is 2.44. The Bertz CT molecular complexity index is 674. The number of aliphatic hydroxyl groups excluding tert-OH is 7. The Morgan fingerprint density at radius 3 is 1.95 bits per heavy atom. The lowest BCUT2D eigenvalue weighted by molar-refractivity contribution is -0.301. The Kier molecular flexibility index (Phi) is 14.8. The molecule has 14 heteroatoms. The first-order valence-electron chi connectivity index (χ1n) is 13.3. The van der Waals surface area contributed by atoms with Crippen LogP contribution in [0.4, 0.5) is 0 Å². The molecule has 0 bridgehead atoms. The Morgan fingerprint density at radius 1 is 0.789 bits per heavy atom. The van der Waals surface area contributed by atoms with E-state index in [1.807, 2.05) is 11.8 Å². The zero-order valence-electron chi connectivity index (χ0n) is 22.2. The van der Waals surface area contributed by atoms with Gasteiger partial charge in [-0.3, -0.25) is 9.69 Å². The monoisotopic (exact) mass is 554 g/mol. The van der Waals surface area contributed by atoms with Crippen LogP contribution in [-0.4, -0.2) is 154 Å². The summed E-state index contributed by atoms with van der Waals surface area (Å²) in [5.41, 5.74) is 0. The number of amides is 1. The number of carbonyl (C=O) groups excluding carboxylic acids is 1. The number of carbonyl (C=O) groups is 1. The third-order valence-corrected chi connectivity index (χ3v) is 6.79. The molecule has 0 aromatic rings. The van der Waals surface area contributed by atoms with Gasteiger partial charge < -0.3 is 60.0 Å². The fraction of sp³-hybridized carbons (Fsp3) is 0.958. The highest BCUT2D eigenvalue weighted by molar-refractivity contribution is 5.75. The van der Waals surface area contributed by atoms with E-state index in [9.17, 15) is 40.5 Å². The second kappa shape index (κ2) is 16.9. The third kappa shape index (κ3) is 9.87. The van der Waals surface area contributed by atoms with Gasteiger partial charge >= 0.3 is 0 Å². The van der Waals surface area contributed by atoms with Crippen LogP contribution < -0.4 is 5.32 Å². The first-order chi connectivity index (χ1) is 18.1. The number of ether oxygens (including phenoxy) is 4. The standard InChI is InChI=1S/C24H46N2O12/c1-3-25-16(28)7-5-4-6-8-26(9-11-35-23-21(33)19(31)17(29)14(2)37-23)10-12-36-24-22(34)20(32)18(30)15(13-27)38-24/h14-15,17-24,27,29-34H,3-13H2,1-2H3,(H,25,28)/t14-,15+,17+,18+,19+,20+,21-,22-,23+,24-/m0/s1. The van der Waals surface area contributed by atoms with Crippen molar-refractivity contribution in [3.63, 3.8) is 0 Å². The van der Waals surface area contributed by atoms with Gasteiger partial charge in [0.1, 0.15) is 42.7 Å². The molecule has 2 fully saturated rings. The van der Waals surface area contributed by atoms with Crippen LogP contribution >= 0.6 is 0 Å². The van der Waals surface area contributed by atoms with Crippen molar-refractivity contribution >= 4 is 5.91 Å². The molecule has 0 aliphatic carbocycles. The quantitative estimate of drug-likeness (QED) is 0.0878. The van der Waals surface area contributed by atoms with Gasteiger partial charge in [-0.1, -0.05) is 6.42 Å². The summed E-state index contributed by atoms with van der Waals surface area (Å²) in [6.07, 6.45) is -9.86. The van der Waals surface area contributed by atoms with Crippen molar-refractivity contribution in [3.05, 3.63) is 0 Å². The molecule has 2 aliphatic heterocycles. The van der Waals surface area contributed by atoms with E-state index in [2.05, 4.69) is 5.32 Å². The SMILES string of the molecule is CCNC(=O)CCCCCN(CCO[C@@H]1O[C@@H](C)[C@@H](O)[C@@H](O)[C@@H]1O)CCO[C@H]1O[C@H](CO)[C@@H](O)[C@@H](O)[C@@H]1O. The van der Waals surface area contributed by atoms with E-state index in [4.69, 9.17) is 18.9 Å². The Morgan fingerprint density at radius 2 is 1.37 bits per heavy atom. The summed E-state index contributed by atoms with van der Waals surface area (Å²) in [5.74, 6) is 0.0123. The minimum atomic E-state index is -1.53. The van der Waals surface area contributed by atoms with E-state index in [0.717, 1.165) is 19.3 Å². The molecule has 1 amide bonds. The largest absolute Gasteiger partial charge is 0.394 e. The van der Waals surface area contributed by atoms with Crippen molar-refractivity contribution in [2.24, 2.45) is 0 Å². The van der Waals surface area contributed by atoms with E-state index in [1.54, 1.807) is 6.92 Å². The molecule has 0 aromatic carbocycles. The lowest BCUT2D eigenvalue weighted by Gasteiger charge is -2.40. The van der Waals surface area contributed by atoms with Gasteiger partial charge in [-0.25, -0.2) is 0 Å². The van der Waals surface area contributed by atoms with Crippen molar-refractivity contribution in [1.29, 1.82) is 0 Å². The molecule has 2 rings (SSSR count). The molecule has 38 heavy (non-hydrogen) atoms. The van der Waals surface area contributed by atoms with Crippen LogP contribution in [0, 0.1) is 0 Å². The average molecular weight is 555 g/mol. The molecule has 14 nitrogen and oxygen atoms in total. The molecule has 0 radical (unpaired) electrons. The van der Waals surface area contributed by atoms with Crippen LogP contribution in [0.2, 0.25) is 0 Å². The van der Waals surface area contributed by atoms with Gasteiger partial charge in [-0.2, -0.15) is 0 Å². The van der Waals surface area contributed by atoms with Gasteiger partial charge in [0.25, 0.3) is 0 Å². The second-order valence-corrected chi connectivity index (χ2v) is 9.73. The smallest absolute Gasteiger partial charge is 0.219 e. The maximum absolute atomic E-state index is 11.6. The zero-order chi connectivity index (χ0) is 28.2. The van der Waals surface area contributed by atoms with Gasteiger partial charge in [0, 0.05) is 26.1 Å². The molecule has 2 heterocycles. The highest BCUT2D eigenvalue weighted by atomic mass is 16.7. The average Bonchev–Trinajstić information content (AvgIpc) is 2.89. The van der Waals surface area contributed by atoms with Crippen molar-refractivity contribution in [1.82, 2.24) is 10.2 Å². The summed E-state index contributed by atoms with van der Waals surface area (Å²) >= 11 is 0. The first kappa shape index (κ1) is 33.2. The number of nitrogens with one attached hydrogen (secondary N) is 1. The van der Waals surface area contributed by atoms with Crippen molar-refractivity contribution in [2.75, 3.05) is 46.0 Å². The van der Waals surface area contributed by atoms with Crippen LogP contribution in [0.5, 0.6) is 0 Å². The molecule has 0 aromatic heterocycles. The zero-order valence-corrected chi connectivity index (χ0v) is 22.2. The molecule has 2 aliphatic rings. The third-order valence-electron chi connectivity index (χ3n) is 6.79. The van der Waals surface area contributed by atoms with E-state index >= 15 is 0 Å². The minimum absolute atomic E-state index is 0.0123. The number of hydrogen-bond donors (Lipinski definition) is 8. The molecule has 8 N–H and O–H groups in total. The van der Waals surface area contributed by atoms with Crippen LogP contribution in [0.15, 0.2) is 0 Å². The first-order valence-corrected chi connectivity index (χ1v) is 13.3. The second-order valence-electron chi connectivity index (χ2n) is 9.73. The van der Waals surface area contributed by atoms with E-state index in [1.165, 1.54) is 0 Å². The Hall–Kier alpha value is -1.01. The number of unbranched alkanes of at least 4 members (excludes halogenated alkanes) is 2. The summed E-state index contributed by atoms with van der Waals surface area (Å²) < 4.78 is 22.1. The predicted molar refractivity (Wildman–Crippen MR) is 132 cm³/mol. The molecular weight excluding hydrogens is 508 g/mol.